The third kappa shape index (κ3) is 3.38. The molecular weight excluding hydrogens is 354 g/mol. The monoisotopic (exact) mass is 375 g/mol. The molecule has 27 heavy (non-hydrogen) atoms. The number of hydrogen-bond acceptors (Lipinski definition) is 5. The zero-order valence-corrected chi connectivity index (χ0v) is 16.4. The molecule has 0 saturated carbocycles. The van der Waals surface area contributed by atoms with E-state index in [1.165, 1.54) is 11.1 Å². The van der Waals surface area contributed by atoms with Gasteiger partial charge in [-0.1, -0.05) is 48.0 Å². The van der Waals surface area contributed by atoms with Crippen molar-refractivity contribution in [3.8, 4) is 16.9 Å². The van der Waals surface area contributed by atoms with Crippen LogP contribution in [0.15, 0.2) is 60.2 Å². The maximum absolute atomic E-state index is 5.51. The minimum atomic E-state index is 0.0463. The molecule has 4 rings (SSSR count). The van der Waals surface area contributed by atoms with Crippen LogP contribution in [-0.4, -0.2) is 17.1 Å². The molecule has 1 atom stereocenters. The Kier molecular flexibility index (Phi) is 4.77. The third-order valence-electron chi connectivity index (χ3n) is 4.69. The van der Waals surface area contributed by atoms with E-state index in [0.29, 0.717) is 0 Å². The number of benzene rings is 2. The summed E-state index contributed by atoms with van der Waals surface area (Å²) in [6.45, 7) is 4.21. The Balaban J connectivity index is 1.76. The Morgan fingerprint density at radius 1 is 1.04 bits per heavy atom. The van der Waals surface area contributed by atoms with Crippen LogP contribution in [0, 0.1) is 6.92 Å². The van der Waals surface area contributed by atoms with Gasteiger partial charge in [0.2, 0.25) is 0 Å². The predicted octanol–water partition coefficient (Wildman–Crippen LogP) is 5.85. The van der Waals surface area contributed by atoms with E-state index in [1.807, 2.05) is 18.2 Å². The Hall–Kier alpha value is -2.92. The minimum Gasteiger partial charge on any atom is -0.496 e. The number of fused-ring (bicyclic) bond motifs is 1. The Morgan fingerprint density at radius 3 is 2.59 bits per heavy atom. The molecule has 136 valence electrons. The minimum absolute atomic E-state index is 0.0463. The van der Waals surface area contributed by atoms with E-state index >= 15 is 0 Å². The van der Waals surface area contributed by atoms with E-state index in [2.05, 4.69) is 64.8 Å². The average Bonchev–Trinajstić information content (AvgIpc) is 3.13. The van der Waals surface area contributed by atoms with Crippen molar-refractivity contribution in [1.29, 1.82) is 0 Å². The van der Waals surface area contributed by atoms with Gasteiger partial charge in [-0.05, 0) is 25.5 Å². The summed E-state index contributed by atoms with van der Waals surface area (Å²) in [5, 5.41) is 6.78. The highest BCUT2D eigenvalue weighted by atomic mass is 32.1. The number of nitrogens with zero attached hydrogens (tertiary/aromatic N) is 2. The number of nitrogens with one attached hydrogen (secondary N) is 1. The lowest BCUT2D eigenvalue weighted by Crippen LogP contribution is -2.09. The summed E-state index contributed by atoms with van der Waals surface area (Å²) in [6.07, 6.45) is 1.62. The van der Waals surface area contributed by atoms with Crippen LogP contribution in [0.4, 0.5) is 5.82 Å². The van der Waals surface area contributed by atoms with E-state index in [9.17, 15) is 0 Å². The second-order valence-electron chi connectivity index (χ2n) is 6.53. The van der Waals surface area contributed by atoms with Gasteiger partial charge in [-0.2, -0.15) is 0 Å². The molecule has 4 aromatic rings. The van der Waals surface area contributed by atoms with Gasteiger partial charge >= 0.3 is 0 Å². The van der Waals surface area contributed by atoms with Gasteiger partial charge in [0, 0.05) is 16.5 Å². The third-order valence-corrected chi connectivity index (χ3v) is 5.58. The standard InChI is InChI=1S/C22H21N3OS/c1-14-8-10-16(11-9-14)18-12-27-22-20(18)21(23-13-24-22)25-15(2)17-6-4-5-7-19(17)26-3/h4-13,15H,1-3H3,(H,23,24,25)/t15-/m0/s1. The lowest BCUT2D eigenvalue weighted by molar-refractivity contribution is 0.408. The van der Waals surface area contributed by atoms with E-state index < -0.39 is 0 Å². The second-order valence-corrected chi connectivity index (χ2v) is 7.38. The largest absolute Gasteiger partial charge is 0.496 e. The lowest BCUT2D eigenvalue weighted by Gasteiger charge is -2.18. The summed E-state index contributed by atoms with van der Waals surface area (Å²) in [7, 11) is 1.70. The first-order valence-electron chi connectivity index (χ1n) is 8.86. The first-order chi connectivity index (χ1) is 13.2. The van der Waals surface area contributed by atoms with Gasteiger partial charge in [0.1, 0.15) is 22.7 Å². The molecule has 0 bridgehead atoms. The van der Waals surface area contributed by atoms with Crippen molar-refractivity contribution in [2.24, 2.45) is 0 Å². The molecule has 0 amide bonds. The number of aromatic nitrogens is 2. The zero-order valence-electron chi connectivity index (χ0n) is 15.6. The van der Waals surface area contributed by atoms with Gasteiger partial charge < -0.3 is 10.1 Å². The Morgan fingerprint density at radius 2 is 1.81 bits per heavy atom. The highest BCUT2D eigenvalue weighted by Gasteiger charge is 2.17. The number of ether oxygens (including phenoxy) is 1. The normalized spacial score (nSPS) is 12.1. The van der Waals surface area contributed by atoms with Crippen LogP contribution in [-0.2, 0) is 0 Å². The van der Waals surface area contributed by atoms with E-state index in [4.69, 9.17) is 4.74 Å². The van der Waals surface area contributed by atoms with Crippen LogP contribution < -0.4 is 10.1 Å². The van der Waals surface area contributed by atoms with Crippen LogP contribution in [0.1, 0.15) is 24.1 Å². The molecular formula is C22H21N3OS. The van der Waals surface area contributed by atoms with Gasteiger partial charge in [0.15, 0.2) is 0 Å². The topological polar surface area (TPSA) is 47.0 Å². The SMILES string of the molecule is COc1ccccc1[C@H](C)Nc1ncnc2scc(-c3ccc(C)cc3)c12. The van der Waals surface area contributed by atoms with Gasteiger partial charge in [0.25, 0.3) is 0 Å². The average molecular weight is 375 g/mol. The Bertz CT molecular complexity index is 1070. The first kappa shape index (κ1) is 17.5. The highest BCUT2D eigenvalue weighted by molar-refractivity contribution is 7.17. The number of thiophene rings is 1. The van der Waals surface area contributed by atoms with Crippen molar-refractivity contribution in [1.82, 2.24) is 9.97 Å². The molecule has 2 heterocycles. The second kappa shape index (κ2) is 7.37. The van der Waals surface area contributed by atoms with Gasteiger partial charge in [0.05, 0.1) is 18.5 Å². The molecule has 2 aromatic heterocycles. The van der Waals surface area contributed by atoms with E-state index in [0.717, 1.165) is 32.9 Å². The van der Waals surface area contributed by atoms with Crippen molar-refractivity contribution in [2.45, 2.75) is 19.9 Å². The molecule has 0 spiro atoms. The summed E-state index contributed by atoms with van der Waals surface area (Å²) in [5.41, 5.74) is 4.68. The molecule has 0 aliphatic carbocycles. The van der Waals surface area contributed by atoms with Crippen molar-refractivity contribution in [3.63, 3.8) is 0 Å². The summed E-state index contributed by atoms with van der Waals surface area (Å²) in [5.74, 6) is 1.71. The van der Waals surface area contributed by atoms with Crippen molar-refractivity contribution >= 4 is 27.4 Å². The van der Waals surface area contributed by atoms with Crippen molar-refractivity contribution in [2.75, 3.05) is 12.4 Å². The first-order valence-corrected chi connectivity index (χ1v) is 9.74. The van der Waals surface area contributed by atoms with Crippen LogP contribution in [0.5, 0.6) is 5.75 Å². The maximum Gasteiger partial charge on any atom is 0.139 e. The van der Waals surface area contributed by atoms with Gasteiger partial charge in [-0.3, -0.25) is 0 Å². The number of rotatable bonds is 5. The summed E-state index contributed by atoms with van der Waals surface area (Å²) in [6, 6.07) is 16.7. The van der Waals surface area contributed by atoms with Crippen LogP contribution in [0.2, 0.25) is 0 Å². The molecule has 4 nitrogen and oxygen atoms in total. The predicted molar refractivity (Wildman–Crippen MR) is 113 cm³/mol. The number of anilines is 1. The fraction of sp³-hybridized carbons (Fsp3) is 0.182. The van der Waals surface area contributed by atoms with Crippen molar-refractivity contribution in [3.05, 3.63) is 71.4 Å². The lowest BCUT2D eigenvalue weighted by atomic mass is 10.0. The van der Waals surface area contributed by atoms with Gasteiger partial charge in [-0.25, -0.2) is 9.97 Å². The summed E-state index contributed by atoms with van der Waals surface area (Å²) < 4.78 is 5.51. The molecule has 0 unspecified atom stereocenters. The van der Waals surface area contributed by atoms with Crippen LogP contribution >= 0.6 is 11.3 Å². The molecule has 2 aromatic carbocycles. The molecule has 0 radical (unpaired) electrons. The van der Waals surface area contributed by atoms with Gasteiger partial charge in [-0.15, -0.1) is 11.3 Å². The summed E-state index contributed by atoms with van der Waals surface area (Å²) in [4.78, 5) is 9.99. The van der Waals surface area contributed by atoms with Crippen molar-refractivity contribution < 1.29 is 4.74 Å². The fourth-order valence-electron chi connectivity index (χ4n) is 3.24. The van der Waals surface area contributed by atoms with Crippen LogP contribution in [0.25, 0.3) is 21.3 Å². The molecule has 0 fully saturated rings. The van der Waals surface area contributed by atoms with E-state index in [-0.39, 0.29) is 6.04 Å². The Labute approximate surface area is 162 Å². The number of methoxy groups -OCH3 is 1. The maximum atomic E-state index is 5.51. The zero-order chi connectivity index (χ0) is 18.8. The molecule has 0 aliphatic heterocycles. The molecule has 1 N–H and O–H groups in total. The number of hydrogen-bond donors (Lipinski definition) is 1. The highest BCUT2D eigenvalue weighted by Crippen LogP contribution is 2.38. The summed E-state index contributed by atoms with van der Waals surface area (Å²) >= 11 is 1.64. The fourth-order valence-corrected chi connectivity index (χ4v) is 4.15. The number of para-hydroxylation sites is 1. The molecule has 0 aliphatic rings. The smallest absolute Gasteiger partial charge is 0.139 e. The molecule has 0 saturated heterocycles. The van der Waals surface area contributed by atoms with E-state index in [1.54, 1.807) is 24.8 Å². The van der Waals surface area contributed by atoms with Crippen LogP contribution in [0.3, 0.4) is 0 Å². The molecule has 5 heteroatoms. The quantitative estimate of drug-likeness (QED) is 0.475. The number of aryl methyl sites for hydroxylation is 1.